The number of para-hydroxylation sites is 1. The zero-order valence-corrected chi connectivity index (χ0v) is 23.6. The molecule has 1 aromatic heterocycles. The molecule has 3 aromatic carbocycles. The second kappa shape index (κ2) is 12.0. The molecule has 5 rings (SSSR count). The number of Topliss-reactive ketones (excluding diaryl/α,β-unsaturated/α-hetero) is 1. The molecule has 0 saturated carbocycles. The monoisotopic (exact) mass is 549 g/mol. The van der Waals surface area contributed by atoms with E-state index in [4.69, 9.17) is 5.10 Å². The standard InChI is InChI=1S/C30H28FN3O2.2H2S/c1-4-33-29-27(20(3)32-34(29)24-11-6-5-7-12-24)28(21-13-15-23(31)16-14-21)25(30(33)36)18-26(35)22-10-8-9-19(2)17-22;;/h5-17,25,28H,4,18H2,1-3H3;2*1H2/t25-,28+;;/m0../s1. The highest BCUT2D eigenvalue weighted by molar-refractivity contribution is 7.59. The van der Waals surface area contributed by atoms with Gasteiger partial charge in [-0.15, -0.1) is 0 Å². The number of nitrogens with zero attached hydrogens (tertiary/aromatic N) is 3. The summed E-state index contributed by atoms with van der Waals surface area (Å²) in [4.78, 5) is 29.2. The van der Waals surface area contributed by atoms with Crippen molar-refractivity contribution in [3.05, 3.63) is 113 Å². The molecule has 0 fully saturated rings. The number of halogens is 1. The van der Waals surface area contributed by atoms with Crippen LogP contribution in [0.1, 0.15) is 52.0 Å². The first-order chi connectivity index (χ1) is 17.4. The molecular formula is C30H32FN3O2S2. The zero-order chi connectivity index (χ0) is 25.4. The third-order valence-electron chi connectivity index (χ3n) is 6.93. The van der Waals surface area contributed by atoms with Gasteiger partial charge < -0.3 is 0 Å². The molecule has 0 unspecified atom stereocenters. The molecule has 4 aromatic rings. The first-order valence-electron chi connectivity index (χ1n) is 12.2. The van der Waals surface area contributed by atoms with Gasteiger partial charge >= 0.3 is 0 Å². The highest BCUT2D eigenvalue weighted by atomic mass is 32.1. The number of carbonyl (C=O) groups excluding carboxylic acids is 2. The van der Waals surface area contributed by atoms with Crippen LogP contribution in [0.4, 0.5) is 10.2 Å². The summed E-state index contributed by atoms with van der Waals surface area (Å²) in [6.45, 7) is 6.24. The van der Waals surface area contributed by atoms with Crippen molar-refractivity contribution in [2.75, 3.05) is 11.4 Å². The lowest BCUT2D eigenvalue weighted by Crippen LogP contribution is -2.45. The summed E-state index contributed by atoms with van der Waals surface area (Å²) >= 11 is 0. The van der Waals surface area contributed by atoms with Crippen LogP contribution in [0.3, 0.4) is 0 Å². The number of rotatable bonds is 6. The SMILES string of the molecule is CCN1C(=O)[C@@H](CC(=O)c2cccc(C)c2)[C@@H](c2ccc(F)cc2)c2c(C)nn(-c3ccccc3)c21.S.S. The summed E-state index contributed by atoms with van der Waals surface area (Å²) in [5.41, 5.74) is 4.89. The average Bonchev–Trinajstić information content (AvgIpc) is 3.22. The fourth-order valence-electron chi connectivity index (χ4n) is 5.26. The minimum atomic E-state index is -0.636. The number of anilines is 1. The molecule has 1 aliphatic rings. The molecule has 2 atom stereocenters. The van der Waals surface area contributed by atoms with E-state index >= 15 is 0 Å². The second-order valence-corrected chi connectivity index (χ2v) is 9.29. The van der Waals surface area contributed by atoms with Crippen LogP contribution in [0.5, 0.6) is 0 Å². The van der Waals surface area contributed by atoms with E-state index in [0.717, 1.165) is 28.1 Å². The topological polar surface area (TPSA) is 55.2 Å². The maximum absolute atomic E-state index is 14.1. The average molecular weight is 550 g/mol. The Morgan fingerprint density at radius 1 is 0.947 bits per heavy atom. The Kier molecular flexibility index (Phi) is 9.22. The predicted molar refractivity (Wildman–Crippen MR) is 159 cm³/mol. The van der Waals surface area contributed by atoms with Crippen molar-refractivity contribution in [3.63, 3.8) is 0 Å². The smallest absolute Gasteiger partial charge is 0.232 e. The van der Waals surface area contributed by atoms with Crippen molar-refractivity contribution in [1.82, 2.24) is 9.78 Å². The Morgan fingerprint density at radius 3 is 2.26 bits per heavy atom. The van der Waals surface area contributed by atoms with Gasteiger partial charge in [0.25, 0.3) is 0 Å². The van der Waals surface area contributed by atoms with Crippen molar-refractivity contribution >= 4 is 44.5 Å². The Bertz CT molecular complexity index is 1440. The van der Waals surface area contributed by atoms with E-state index < -0.39 is 11.8 Å². The summed E-state index contributed by atoms with van der Waals surface area (Å²) in [7, 11) is 0. The van der Waals surface area contributed by atoms with E-state index in [1.807, 2.05) is 69.3 Å². The van der Waals surface area contributed by atoms with Gasteiger partial charge in [-0.05, 0) is 56.7 Å². The molecule has 198 valence electrons. The van der Waals surface area contributed by atoms with Crippen molar-refractivity contribution in [3.8, 4) is 5.69 Å². The van der Waals surface area contributed by atoms with Gasteiger partial charge in [0.15, 0.2) is 5.78 Å². The number of carbonyl (C=O) groups is 2. The number of fused-ring (bicyclic) bond motifs is 1. The van der Waals surface area contributed by atoms with Crippen LogP contribution >= 0.6 is 27.0 Å². The van der Waals surface area contributed by atoms with Crippen LogP contribution in [-0.2, 0) is 4.79 Å². The Balaban J connectivity index is 0.00000200. The largest absolute Gasteiger partial charge is 0.296 e. The van der Waals surface area contributed by atoms with E-state index in [9.17, 15) is 14.0 Å². The molecule has 38 heavy (non-hydrogen) atoms. The first-order valence-corrected chi connectivity index (χ1v) is 12.2. The summed E-state index contributed by atoms with van der Waals surface area (Å²) in [5, 5.41) is 4.84. The van der Waals surface area contributed by atoms with Crippen molar-refractivity contribution in [1.29, 1.82) is 0 Å². The van der Waals surface area contributed by atoms with E-state index in [0.29, 0.717) is 17.9 Å². The normalized spacial score (nSPS) is 16.3. The van der Waals surface area contributed by atoms with Crippen molar-refractivity contribution in [2.24, 2.45) is 5.92 Å². The molecule has 0 saturated heterocycles. The minimum Gasteiger partial charge on any atom is -0.296 e. The van der Waals surface area contributed by atoms with Gasteiger partial charge in [-0.2, -0.15) is 32.1 Å². The lowest BCUT2D eigenvalue weighted by molar-refractivity contribution is -0.123. The summed E-state index contributed by atoms with van der Waals surface area (Å²) in [5.74, 6) is -0.917. The van der Waals surface area contributed by atoms with E-state index in [1.54, 1.807) is 27.8 Å². The Hall–Kier alpha value is -3.36. The van der Waals surface area contributed by atoms with Crippen molar-refractivity contribution < 1.29 is 14.0 Å². The van der Waals surface area contributed by atoms with Crippen LogP contribution in [0, 0.1) is 25.6 Å². The first kappa shape index (κ1) is 29.2. The van der Waals surface area contributed by atoms with Crippen LogP contribution < -0.4 is 4.90 Å². The van der Waals surface area contributed by atoms with E-state index in [1.165, 1.54) is 12.1 Å². The van der Waals surface area contributed by atoms with Gasteiger partial charge in [-0.1, -0.05) is 54.1 Å². The Labute approximate surface area is 236 Å². The van der Waals surface area contributed by atoms with Crippen LogP contribution in [-0.4, -0.2) is 28.0 Å². The third kappa shape index (κ3) is 5.28. The number of hydrogen-bond donors (Lipinski definition) is 0. The number of amides is 1. The van der Waals surface area contributed by atoms with E-state index in [-0.39, 0.29) is 50.9 Å². The number of aromatic nitrogens is 2. The molecule has 1 aliphatic heterocycles. The maximum atomic E-state index is 14.1. The lowest BCUT2D eigenvalue weighted by Gasteiger charge is -2.38. The van der Waals surface area contributed by atoms with Crippen LogP contribution in [0.25, 0.3) is 5.69 Å². The number of hydrogen-bond acceptors (Lipinski definition) is 3. The Morgan fingerprint density at radius 2 is 1.63 bits per heavy atom. The zero-order valence-electron chi connectivity index (χ0n) is 21.6. The van der Waals surface area contributed by atoms with Gasteiger partial charge in [0.2, 0.25) is 5.91 Å². The molecule has 0 radical (unpaired) electrons. The molecule has 0 bridgehead atoms. The highest BCUT2D eigenvalue weighted by Gasteiger charge is 2.45. The fourth-order valence-corrected chi connectivity index (χ4v) is 5.26. The maximum Gasteiger partial charge on any atom is 0.232 e. The molecule has 1 amide bonds. The van der Waals surface area contributed by atoms with Gasteiger partial charge in [0.1, 0.15) is 11.6 Å². The van der Waals surface area contributed by atoms with Gasteiger partial charge in [0.05, 0.1) is 17.3 Å². The predicted octanol–water partition coefficient (Wildman–Crippen LogP) is 6.24. The van der Waals surface area contributed by atoms with Crippen LogP contribution in [0.2, 0.25) is 0 Å². The molecule has 0 aliphatic carbocycles. The number of benzene rings is 3. The van der Waals surface area contributed by atoms with Gasteiger partial charge in [0, 0.05) is 30.0 Å². The second-order valence-electron chi connectivity index (χ2n) is 9.29. The molecule has 8 heteroatoms. The minimum absolute atomic E-state index is 0. The van der Waals surface area contributed by atoms with Crippen molar-refractivity contribution in [2.45, 2.75) is 33.1 Å². The van der Waals surface area contributed by atoms with Crippen LogP contribution in [0.15, 0.2) is 78.9 Å². The molecule has 5 nitrogen and oxygen atoms in total. The summed E-state index contributed by atoms with van der Waals surface area (Å²) in [6, 6.07) is 23.4. The quantitative estimate of drug-likeness (QED) is 0.268. The fraction of sp³-hybridized carbons (Fsp3) is 0.233. The van der Waals surface area contributed by atoms with Gasteiger partial charge in [-0.3, -0.25) is 14.5 Å². The molecule has 0 spiro atoms. The van der Waals surface area contributed by atoms with E-state index in [2.05, 4.69) is 0 Å². The summed E-state index contributed by atoms with van der Waals surface area (Å²) < 4.78 is 15.7. The summed E-state index contributed by atoms with van der Waals surface area (Å²) in [6.07, 6.45) is 0.0518. The number of aryl methyl sites for hydroxylation is 2. The lowest BCUT2D eigenvalue weighted by atomic mass is 9.74. The third-order valence-corrected chi connectivity index (χ3v) is 6.93. The number of ketones is 1. The molecule has 0 N–H and O–H groups in total. The highest BCUT2D eigenvalue weighted by Crippen LogP contribution is 2.47. The molecular weight excluding hydrogens is 517 g/mol. The van der Waals surface area contributed by atoms with Gasteiger partial charge in [-0.25, -0.2) is 9.07 Å². The molecule has 2 heterocycles.